The summed E-state index contributed by atoms with van der Waals surface area (Å²) >= 11 is 0. The Morgan fingerprint density at radius 2 is 2.00 bits per heavy atom. The SMILES string of the molecule is CCCN(CC(F)(F)F)c1cc(C)nc(C)c1C(=O)O. The average Bonchev–Trinajstić information content (AvgIpc) is 2.24. The molecule has 1 heterocycles. The molecule has 0 saturated carbocycles. The number of anilines is 1. The zero-order valence-corrected chi connectivity index (χ0v) is 11.6. The smallest absolute Gasteiger partial charge is 0.405 e. The normalized spacial score (nSPS) is 11.5. The summed E-state index contributed by atoms with van der Waals surface area (Å²) in [6, 6.07) is 1.39. The lowest BCUT2D eigenvalue weighted by molar-refractivity contribution is -0.119. The Morgan fingerprint density at radius 1 is 1.40 bits per heavy atom. The fourth-order valence-electron chi connectivity index (χ4n) is 2.09. The third-order valence-corrected chi connectivity index (χ3v) is 2.73. The summed E-state index contributed by atoms with van der Waals surface area (Å²) in [6.07, 6.45) is -3.91. The molecule has 20 heavy (non-hydrogen) atoms. The van der Waals surface area contributed by atoms with Gasteiger partial charge in [-0.3, -0.25) is 4.98 Å². The third-order valence-electron chi connectivity index (χ3n) is 2.73. The van der Waals surface area contributed by atoms with Crippen LogP contribution in [0, 0.1) is 13.8 Å². The van der Waals surface area contributed by atoms with Gasteiger partial charge in [0.1, 0.15) is 12.1 Å². The van der Waals surface area contributed by atoms with E-state index in [-0.39, 0.29) is 23.5 Å². The molecule has 4 nitrogen and oxygen atoms in total. The van der Waals surface area contributed by atoms with Crippen molar-refractivity contribution in [2.45, 2.75) is 33.4 Å². The quantitative estimate of drug-likeness (QED) is 0.905. The summed E-state index contributed by atoms with van der Waals surface area (Å²) in [5.74, 6) is -1.27. The second-order valence-electron chi connectivity index (χ2n) is 4.59. The number of pyridine rings is 1. The summed E-state index contributed by atoms with van der Waals surface area (Å²) < 4.78 is 37.9. The van der Waals surface area contributed by atoms with Crippen molar-refractivity contribution in [3.8, 4) is 0 Å². The van der Waals surface area contributed by atoms with Gasteiger partial charge < -0.3 is 10.0 Å². The molecule has 0 saturated heterocycles. The van der Waals surface area contributed by atoms with Crippen LogP contribution < -0.4 is 4.90 Å². The maximum Gasteiger partial charge on any atom is 0.405 e. The van der Waals surface area contributed by atoms with Gasteiger partial charge in [-0.1, -0.05) is 6.92 Å². The number of hydrogen-bond donors (Lipinski definition) is 1. The Balaban J connectivity index is 3.34. The first kappa shape index (κ1) is 16.3. The molecule has 1 rings (SSSR count). The monoisotopic (exact) mass is 290 g/mol. The predicted molar refractivity (Wildman–Crippen MR) is 69.2 cm³/mol. The topological polar surface area (TPSA) is 53.4 Å². The minimum absolute atomic E-state index is 0.0710. The molecule has 0 fully saturated rings. The van der Waals surface area contributed by atoms with Gasteiger partial charge in [-0.2, -0.15) is 13.2 Å². The zero-order valence-electron chi connectivity index (χ0n) is 11.6. The predicted octanol–water partition coefficient (Wildman–Crippen LogP) is 3.18. The molecule has 0 aliphatic rings. The molecule has 0 aliphatic heterocycles. The Kier molecular flexibility index (Phi) is 4.97. The molecule has 112 valence electrons. The Hall–Kier alpha value is -1.79. The average molecular weight is 290 g/mol. The third kappa shape index (κ3) is 4.11. The standard InChI is InChI=1S/C13H17F3N2O2/c1-4-5-18(7-13(14,15)16)10-6-8(2)17-9(3)11(10)12(19)20/h6H,4-5,7H2,1-3H3,(H,19,20). The summed E-state index contributed by atoms with van der Waals surface area (Å²) in [4.78, 5) is 16.3. The molecule has 1 aromatic heterocycles. The molecule has 7 heteroatoms. The maximum atomic E-state index is 12.6. The lowest BCUT2D eigenvalue weighted by atomic mass is 10.1. The van der Waals surface area contributed by atoms with Gasteiger partial charge in [-0.25, -0.2) is 4.79 Å². The van der Waals surface area contributed by atoms with Crippen LogP contribution in [0.5, 0.6) is 0 Å². The van der Waals surface area contributed by atoms with Crippen LogP contribution in [0.3, 0.4) is 0 Å². The van der Waals surface area contributed by atoms with Crippen molar-refractivity contribution in [1.29, 1.82) is 0 Å². The van der Waals surface area contributed by atoms with E-state index in [4.69, 9.17) is 0 Å². The van der Waals surface area contributed by atoms with E-state index in [1.165, 1.54) is 13.0 Å². The molecular formula is C13H17F3N2O2. The van der Waals surface area contributed by atoms with E-state index in [1.54, 1.807) is 13.8 Å². The molecule has 0 spiro atoms. The van der Waals surface area contributed by atoms with E-state index in [0.29, 0.717) is 12.1 Å². The van der Waals surface area contributed by atoms with Gasteiger partial charge in [-0.15, -0.1) is 0 Å². The maximum absolute atomic E-state index is 12.6. The highest BCUT2D eigenvalue weighted by molar-refractivity contribution is 5.95. The van der Waals surface area contributed by atoms with Crippen LogP contribution in [0.25, 0.3) is 0 Å². The van der Waals surface area contributed by atoms with E-state index in [0.717, 1.165) is 4.90 Å². The van der Waals surface area contributed by atoms with Gasteiger partial charge in [0.25, 0.3) is 0 Å². The van der Waals surface area contributed by atoms with E-state index >= 15 is 0 Å². The molecule has 0 amide bonds. The number of halogens is 3. The minimum atomic E-state index is -4.39. The highest BCUT2D eigenvalue weighted by Crippen LogP contribution is 2.28. The first-order chi connectivity index (χ1) is 9.15. The largest absolute Gasteiger partial charge is 0.478 e. The number of carboxylic acids is 1. The number of hydrogen-bond acceptors (Lipinski definition) is 3. The van der Waals surface area contributed by atoms with Crippen LogP contribution in [0.2, 0.25) is 0 Å². The van der Waals surface area contributed by atoms with Crippen molar-refractivity contribution < 1.29 is 23.1 Å². The molecule has 0 aliphatic carbocycles. The first-order valence-corrected chi connectivity index (χ1v) is 6.19. The number of carboxylic acid groups (broad SMARTS) is 1. The highest BCUT2D eigenvalue weighted by Gasteiger charge is 2.32. The lowest BCUT2D eigenvalue weighted by Gasteiger charge is -2.27. The molecule has 0 radical (unpaired) electrons. The second kappa shape index (κ2) is 6.11. The molecule has 1 aromatic rings. The summed E-state index contributed by atoms with van der Waals surface area (Å²) in [7, 11) is 0. The van der Waals surface area contributed by atoms with Gasteiger partial charge in [0.15, 0.2) is 0 Å². The van der Waals surface area contributed by atoms with Crippen LogP contribution in [0.4, 0.5) is 18.9 Å². The Bertz CT molecular complexity index is 501. The van der Waals surface area contributed by atoms with E-state index in [9.17, 15) is 23.1 Å². The zero-order chi connectivity index (χ0) is 15.5. The minimum Gasteiger partial charge on any atom is -0.478 e. The van der Waals surface area contributed by atoms with Crippen LogP contribution in [-0.2, 0) is 0 Å². The number of nitrogens with zero attached hydrogens (tertiary/aromatic N) is 2. The van der Waals surface area contributed by atoms with E-state index in [2.05, 4.69) is 4.98 Å². The van der Waals surface area contributed by atoms with Crippen molar-refractivity contribution >= 4 is 11.7 Å². The number of aryl methyl sites for hydroxylation is 2. The van der Waals surface area contributed by atoms with Crippen LogP contribution >= 0.6 is 0 Å². The molecular weight excluding hydrogens is 273 g/mol. The van der Waals surface area contributed by atoms with Crippen molar-refractivity contribution in [3.05, 3.63) is 23.0 Å². The van der Waals surface area contributed by atoms with Crippen molar-refractivity contribution in [1.82, 2.24) is 4.98 Å². The second-order valence-corrected chi connectivity index (χ2v) is 4.59. The van der Waals surface area contributed by atoms with Crippen molar-refractivity contribution in [3.63, 3.8) is 0 Å². The van der Waals surface area contributed by atoms with E-state index < -0.39 is 18.7 Å². The van der Waals surface area contributed by atoms with Gasteiger partial charge >= 0.3 is 12.1 Å². The molecule has 0 unspecified atom stereocenters. The first-order valence-electron chi connectivity index (χ1n) is 6.19. The van der Waals surface area contributed by atoms with Crippen LogP contribution in [-0.4, -0.2) is 35.3 Å². The van der Waals surface area contributed by atoms with E-state index in [1.807, 2.05) is 0 Å². The number of rotatable bonds is 5. The number of alkyl halides is 3. The van der Waals surface area contributed by atoms with Crippen molar-refractivity contribution in [2.75, 3.05) is 18.0 Å². The van der Waals surface area contributed by atoms with Gasteiger partial charge in [0.2, 0.25) is 0 Å². The summed E-state index contributed by atoms with van der Waals surface area (Å²) in [5.41, 5.74) is 0.608. The Labute approximate surface area is 115 Å². The number of aromatic nitrogens is 1. The molecule has 0 bridgehead atoms. The fraction of sp³-hybridized carbons (Fsp3) is 0.538. The van der Waals surface area contributed by atoms with Gasteiger partial charge in [-0.05, 0) is 26.3 Å². The number of aromatic carboxylic acids is 1. The van der Waals surface area contributed by atoms with Crippen LogP contribution in [0.15, 0.2) is 6.07 Å². The summed E-state index contributed by atoms with van der Waals surface area (Å²) in [6.45, 7) is 3.80. The molecule has 0 aromatic carbocycles. The highest BCUT2D eigenvalue weighted by atomic mass is 19.4. The molecule has 0 atom stereocenters. The van der Waals surface area contributed by atoms with Gasteiger partial charge in [0.05, 0.1) is 11.4 Å². The van der Waals surface area contributed by atoms with Crippen molar-refractivity contribution in [2.24, 2.45) is 0 Å². The molecule has 1 N–H and O–H groups in total. The summed E-state index contributed by atoms with van der Waals surface area (Å²) in [5, 5.41) is 9.20. The fourth-order valence-corrected chi connectivity index (χ4v) is 2.09. The van der Waals surface area contributed by atoms with Crippen LogP contribution in [0.1, 0.15) is 35.1 Å². The lowest BCUT2D eigenvalue weighted by Crippen LogP contribution is -2.36. The van der Waals surface area contributed by atoms with Gasteiger partial charge in [0, 0.05) is 12.2 Å². The number of carbonyl (C=O) groups is 1. The Morgan fingerprint density at radius 3 is 2.45 bits per heavy atom.